The minimum absolute atomic E-state index is 0.207. The van der Waals surface area contributed by atoms with Crippen molar-refractivity contribution in [1.82, 2.24) is 9.80 Å². The predicted octanol–water partition coefficient (Wildman–Crippen LogP) is 2.55. The highest BCUT2D eigenvalue weighted by Crippen LogP contribution is 2.19. The highest BCUT2D eigenvalue weighted by Gasteiger charge is 2.29. The lowest BCUT2D eigenvalue weighted by Gasteiger charge is -2.34. The largest absolute Gasteiger partial charge is 0.342 e. The highest BCUT2D eigenvalue weighted by molar-refractivity contribution is 5.98. The monoisotopic (exact) mass is 299 g/mol. The smallest absolute Gasteiger partial charge is 0.229 e. The molecule has 0 atom stereocenters. The molecule has 3 rings (SSSR count). The second-order valence-electron chi connectivity index (χ2n) is 6.38. The molecule has 0 saturated carbocycles. The Hall–Kier alpha value is -1.84. The van der Waals surface area contributed by atoms with Gasteiger partial charge < -0.3 is 4.90 Å². The molecule has 2 aliphatic heterocycles. The normalized spacial score (nSPS) is 19.4. The number of amides is 1. The van der Waals surface area contributed by atoms with Crippen LogP contribution in [0.25, 0.3) is 0 Å². The van der Waals surface area contributed by atoms with E-state index in [0.29, 0.717) is 6.42 Å². The van der Waals surface area contributed by atoms with Gasteiger partial charge in [0.25, 0.3) is 0 Å². The number of hydrogen-bond donors (Lipinski definition) is 0. The minimum Gasteiger partial charge on any atom is -0.342 e. The topological polar surface area (TPSA) is 35.9 Å². The van der Waals surface area contributed by atoms with Crippen LogP contribution in [0.15, 0.2) is 35.3 Å². The number of aryl methyl sites for hydroxylation is 1. The van der Waals surface area contributed by atoms with E-state index in [2.05, 4.69) is 28.9 Å². The summed E-state index contributed by atoms with van der Waals surface area (Å²) in [6.07, 6.45) is 3.77. The van der Waals surface area contributed by atoms with Crippen molar-refractivity contribution < 1.29 is 4.79 Å². The van der Waals surface area contributed by atoms with Crippen LogP contribution in [0.2, 0.25) is 0 Å². The van der Waals surface area contributed by atoms with Crippen molar-refractivity contribution in [3.63, 3.8) is 0 Å². The maximum Gasteiger partial charge on any atom is 0.229 e. The molecule has 118 valence electrons. The van der Waals surface area contributed by atoms with Crippen molar-refractivity contribution >= 4 is 11.9 Å². The summed E-state index contributed by atoms with van der Waals surface area (Å²) in [5, 5.41) is 0. The lowest BCUT2D eigenvalue weighted by molar-refractivity contribution is -0.127. The van der Waals surface area contributed by atoms with Gasteiger partial charge in [0, 0.05) is 26.1 Å². The van der Waals surface area contributed by atoms with Crippen molar-refractivity contribution in [2.75, 3.05) is 26.2 Å². The van der Waals surface area contributed by atoms with Gasteiger partial charge >= 0.3 is 0 Å². The zero-order valence-corrected chi connectivity index (χ0v) is 13.4. The van der Waals surface area contributed by atoms with Crippen LogP contribution < -0.4 is 0 Å². The van der Waals surface area contributed by atoms with E-state index in [-0.39, 0.29) is 5.91 Å². The number of hydrogen-bond acceptors (Lipinski definition) is 3. The number of aliphatic imine (C=N–C) groups is 1. The van der Waals surface area contributed by atoms with Crippen LogP contribution in [-0.4, -0.2) is 47.8 Å². The van der Waals surface area contributed by atoms with Gasteiger partial charge in [0.1, 0.15) is 0 Å². The summed E-state index contributed by atoms with van der Waals surface area (Å²) in [6.45, 7) is 5.86. The third-order valence-corrected chi connectivity index (χ3v) is 4.66. The molecule has 0 spiro atoms. The Labute approximate surface area is 132 Å². The fourth-order valence-electron chi connectivity index (χ4n) is 3.18. The highest BCUT2D eigenvalue weighted by atomic mass is 16.2. The van der Waals surface area contributed by atoms with Crippen molar-refractivity contribution in [3.8, 4) is 0 Å². The van der Waals surface area contributed by atoms with Gasteiger partial charge in [-0.05, 0) is 30.7 Å². The van der Waals surface area contributed by atoms with Gasteiger partial charge in [-0.15, -0.1) is 0 Å². The zero-order chi connectivity index (χ0) is 15.4. The fraction of sp³-hybridized carbons (Fsp3) is 0.556. The van der Waals surface area contributed by atoms with Crippen LogP contribution in [0.1, 0.15) is 31.7 Å². The molecule has 2 heterocycles. The zero-order valence-electron chi connectivity index (χ0n) is 13.4. The summed E-state index contributed by atoms with van der Waals surface area (Å²) in [7, 11) is 0. The summed E-state index contributed by atoms with van der Waals surface area (Å²) in [4.78, 5) is 21.3. The Morgan fingerprint density at radius 2 is 1.91 bits per heavy atom. The number of benzene rings is 1. The lowest BCUT2D eigenvalue weighted by Crippen LogP contribution is -2.47. The van der Waals surface area contributed by atoms with E-state index in [0.717, 1.165) is 44.5 Å². The number of likely N-dealkylation sites (tertiary alicyclic amines) is 1. The predicted molar refractivity (Wildman–Crippen MR) is 88.7 cm³/mol. The van der Waals surface area contributed by atoms with Crippen molar-refractivity contribution in [1.29, 1.82) is 0 Å². The van der Waals surface area contributed by atoms with E-state index in [1.54, 1.807) is 0 Å². The Morgan fingerprint density at radius 3 is 2.64 bits per heavy atom. The molecule has 0 radical (unpaired) electrons. The van der Waals surface area contributed by atoms with Crippen molar-refractivity contribution in [3.05, 3.63) is 35.9 Å². The van der Waals surface area contributed by atoms with Crippen molar-refractivity contribution in [2.24, 2.45) is 10.9 Å². The number of guanidine groups is 1. The number of carbonyl (C=O) groups excluding carboxylic acids is 1. The summed E-state index contributed by atoms with van der Waals surface area (Å²) in [5.74, 6) is 1.92. The fourth-order valence-corrected chi connectivity index (χ4v) is 3.18. The average molecular weight is 299 g/mol. The number of nitrogens with zero attached hydrogens (tertiary/aromatic N) is 3. The van der Waals surface area contributed by atoms with Crippen LogP contribution in [0.4, 0.5) is 0 Å². The first-order valence-electron chi connectivity index (χ1n) is 8.38. The van der Waals surface area contributed by atoms with Gasteiger partial charge in [0.05, 0.1) is 6.54 Å². The standard InChI is InChI=1S/C18H25N3O/c1-15-9-12-20(13-10-15)18-19-11-14-21(18)17(22)8-7-16-5-3-2-4-6-16/h2-6,15H,7-14H2,1H3. The third-order valence-electron chi connectivity index (χ3n) is 4.66. The Kier molecular flexibility index (Phi) is 4.76. The van der Waals surface area contributed by atoms with E-state index in [9.17, 15) is 4.79 Å². The van der Waals surface area contributed by atoms with Crippen molar-refractivity contribution in [2.45, 2.75) is 32.6 Å². The molecule has 0 unspecified atom stereocenters. The van der Waals surface area contributed by atoms with E-state index in [1.807, 2.05) is 23.1 Å². The molecule has 1 saturated heterocycles. The first-order valence-corrected chi connectivity index (χ1v) is 8.38. The first kappa shape index (κ1) is 15.1. The molecule has 0 bridgehead atoms. The van der Waals surface area contributed by atoms with Gasteiger partial charge in [-0.3, -0.25) is 14.7 Å². The summed E-state index contributed by atoms with van der Waals surface area (Å²) in [6, 6.07) is 10.2. The van der Waals surface area contributed by atoms with Crippen LogP contribution in [-0.2, 0) is 11.2 Å². The SMILES string of the molecule is CC1CCN(C2=NCCN2C(=O)CCc2ccccc2)CC1. The average Bonchev–Trinajstić information content (AvgIpc) is 3.04. The third kappa shape index (κ3) is 3.49. The molecule has 0 aromatic heterocycles. The van der Waals surface area contributed by atoms with E-state index in [4.69, 9.17) is 0 Å². The molecule has 1 aromatic carbocycles. The number of rotatable bonds is 3. The maximum absolute atomic E-state index is 12.6. The minimum atomic E-state index is 0.207. The molecular weight excluding hydrogens is 274 g/mol. The second-order valence-corrected chi connectivity index (χ2v) is 6.38. The Bertz CT molecular complexity index is 533. The molecule has 4 heteroatoms. The van der Waals surface area contributed by atoms with Crippen LogP contribution in [0.3, 0.4) is 0 Å². The van der Waals surface area contributed by atoms with Gasteiger partial charge in [-0.2, -0.15) is 0 Å². The van der Waals surface area contributed by atoms with Gasteiger partial charge in [-0.1, -0.05) is 37.3 Å². The molecular formula is C18H25N3O. The summed E-state index contributed by atoms with van der Waals surface area (Å²) >= 11 is 0. The van der Waals surface area contributed by atoms with E-state index < -0.39 is 0 Å². The van der Waals surface area contributed by atoms with Crippen LogP contribution >= 0.6 is 0 Å². The Morgan fingerprint density at radius 1 is 1.18 bits per heavy atom. The summed E-state index contributed by atoms with van der Waals surface area (Å²) in [5.41, 5.74) is 1.22. The van der Waals surface area contributed by atoms with Gasteiger partial charge in [0.15, 0.2) is 0 Å². The van der Waals surface area contributed by atoms with Gasteiger partial charge in [0.2, 0.25) is 11.9 Å². The molecule has 1 amide bonds. The number of carbonyl (C=O) groups is 1. The van der Waals surface area contributed by atoms with Crippen LogP contribution in [0, 0.1) is 5.92 Å². The van der Waals surface area contributed by atoms with E-state index >= 15 is 0 Å². The van der Waals surface area contributed by atoms with Crippen LogP contribution in [0.5, 0.6) is 0 Å². The first-order chi connectivity index (χ1) is 10.7. The molecule has 22 heavy (non-hydrogen) atoms. The molecule has 1 aromatic rings. The lowest BCUT2D eigenvalue weighted by atomic mass is 9.99. The molecule has 0 N–H and O–H groups in total. The number of piperidine rings is 1. The second kappa shape index (κ2) is 6.95. The summed E-state index contributed by atoms with van der Waals surface area (Å²) < 4.78 is 0. The quantitative estimate of drug-likeness (QED) is 0.860. The Balaban J connectivity index is 1.56. The maximum atomic E-state index is 12.6. The molecule has 4 nitrogen and oxygen atoms in total. The van der Waals surface area contributed by atoms with E-state index in [1.165, 1.54) is 18.4 Å². The molecule has 0 aliphatic carbocycles. The van der Waals surface area contributed by atoms with Gasteiger partial charge in [-0.25, -0.2) is 0 Å². The molecule has 1 fully saturated rings. The molecule has 2 aliphatic rings.